The van der Waals surface area contributed by atoms with E-state index in [2.05, 4.69) is 9.97 Å². The third-order valence-electron chi connectivity index (χ3n) is 5.24. The number of para-hydroxylation sites is 2. The van der Waals surface area contributed by atoms with Crippen LogP contribution in [0, 0.1) is 0 Å². The number of carbonyl (C=O) groups is 1. The zero-order valence-corrected chi connectivity index (χ0v) is 16.3. The molecule has 1 aliphatic heterocycles. The summed E-state index contributed by atoms with van der Waals surface area (Å²) in [5, 5.41) is 40.1. The Morgan fingerprint density at radius 1 is 1.03 bits per heavy atom. The van der Waals surface area contributed by atoms with Crippen molar-refractivity contribution in [1.29, 1.82) is 0 Å². The lowest BCUT2D eigenvalue weighted by molar-refractivity contribution is -0.276. The minimum Gasteiger partial charge on any atom is -0.453 e. The monoisotopic (exact) mass is 414 g/mol. The normalized spacial score (nSPS) is 27.9. The van der Waals surface area contributed by atoms with Crippen molar-refractivity contribution in [1.82, 2.24) is 9.97 Å². The van der Waals surface area contributed by atoms with Crippen molar-refractivity contribution in [3.63, 3.8) is 0 Å². The Balaban J connectivity index is 1.74. The zero-order valence-electron chi connectivity index (χ0n) is 16.3. The average molecular weight is 414 g/mol. The molecule has 4 rings (SSSR count). The summed E-state index contributed by atoms with van der Waals surface area (Å²) in [6.07, 6.45) is -7.45. The lowest BCUT2D eigenvalue weighted by atomic mass is 9.99. The molecular weight excluding hydrogens is 392 g/mol. The van der Waals surface area contributed by atoms with E-state index in [-0.39, 0.29) is 11.1 Å². The summed E-state index contributed by atoms with van der Waals surface area (Å²) in [7, 11) is 0. The van der Waals surface area contributed by atoms with Gasteiger partial charge in [-0.1, -0.05) is 18.2 Å². The number of fused-ring (bicyclic) bond motifs is 2. The van der Waals surface area contributed by atoms with Gasteiger partial charge in [-0.25, -0.2) is 14.8 Å². The molecule has 1 aromatic heterocycles. The number of hydrogen-bond donors (Lipinski definition) is 4. The lowest BCUT2D eigenvalue weighted by Crippen LogP contribution is -2.58. The Morgan fingerprint density at radius 3 is 2.37 bits per heavy atom. The number of ether oxygens (including phenoxy) is 2. The highest BCUT2D eigenvalue weighted by Crippen LogP contribution is 2.27. The Morgan fingerprint density at radius 2 is 1.67 bits per heavy atom. The number of aromatic nitrogens is 2. The maximum Gasteiger partial charge on any atom is 0.340 e. The third-order valence-corrected chi connectivity index (χ3v) is 5.24. The van der Waals surface area contributed by atoms with Crippen LogP contribution in [0.15, 0.2) is 36.4 Å². The van der Waals surface area contributed by atoms with Crippen LogP contribution in [0.2, 0.25) is 0 Å². The van der Waals surface area contributed by atoms with Crippen LogP contribution in [0.3, 0.4) is 0 Å². The van der Waals surface area contributed by atoms with Gasteiger partial charge in [0.05, 0.1) is 34.3 Å². The molecule has 0 spiro atoms. The molecule has 1 aliphatic rings. The summed E-state index contributed by atoms with van der Waals surface area (Å²) in [6, 6.07) is 10.0. The van der Waals surface area contributed by atoms with Gasteiger partial charge in [0, 0.05) is 5.56 Å². The molecular formula is C21H22N2O7. The van der Waals surface area contributed by atoms with Gasteiger partial charge in [-0.3, -0.25) is 0 Å². The molecule has 0 unspecified atom stereocenters. The Hall–Kier alpha value is -2.69. The first kappa shape index (κ1) is 20.6. The largest absolute Gasteiger partial charge is 0.453 e. The summed E-state index contributed by atoms with van der Waals surface area (Å²) < 4.78 is 10.3. The Labute approximate surface area is 171 Å². The van der Waals surface area contributed by atoms with Crippen molar-refractivity contribution in [2.45, 2.75) is 50.7 Å². The van der Waals surface area contributed by atoms with Crippen molar-refractivity contribution >= 4 is 28.0 Å². The molecule has 3 aromatic rings. The standard InChI is InChI=1S/C21H22N2O7/c1-9(24)11-5-3-7-13-15(11)22-14-8-4-6-12(16(14)23-13)20(27)30-19-17(25)10(2)29-21(28)18(19)26/h3-10,17-19,21,24-26,28H,1-2H3/t9-,10-,17-,18-,19+,21-/m0/s1. The molecule has 0 amide bonds. The fourth-order valence-electron chi connectivity index (χ4n) is 3.58. The van der Waals surface area contributed by atoms with Crippen LogP contribution in [-0.4, -0.2) is 67.1 Å². The molecule has 0 bridgehead atoms. The van der Waals surface area contributed by atoms with Crippen molar-refractivity contribution in [3.8, 4) is 0 Å². The van der Waals surface area contributed by atoms with E-state index in [1.54, 1.807) is 37.3 Å². The smallest absolute Gasteiger partial charge is 0.340 e. The lowest BCUT2D eigenvalue weighted by Gasteiger charge is -2.38. The molecule has 2 heterocycles. The van der Waals surface area contributed by atoms with Crippen molar-refractivity contribution in [2.24, 2.45) is 0 Å². The maximum absolute atomic E-state index is 12.9. The molecule has 1 saturated heterocycles. The maximum atomic E-state index is 12.9. The molecule has 9 heteroatoms. The Kier molecular flexibility index (Phi) is 5.39. The van der Waals surface area contributed by atoms with Crippen LogP contribution < -0.4 is 0 Å². The summed E-state index contributed by atoms with van der Waals surface area (Å²) in [6.45, 7) is 3.13. The van der Waals surface area contributed by atoms with E-state index in [9.17, 15) is 25.2 Å². The molecule has 0 radical (unpaired) electrons. The second kappa shape index (κ2) is 7.86. The fourth-order valence-corrected chi connectivity index (χ4v) is 3.58. The number of nitrogens with zero attached hydrogens (tertiary/aromatic N) is 2. The molecule has 4 N–H and O–H groups in total. The Bertz CT molecular complexity index is 1090. The number of aliphatic hydroxyl groups excluding tert-OH is 4. The van der Waals surface area contributed by atoms with Crippen LogP contribution in [-0.2, 0) is 9.47 Å². The molecule has 30 heavy (non-hydrogen) atoms. The minimum atomic E-state index is -1.60. The quantitative estimate of drug-likeness (QED) is 0.362. The van der Waals surface area contributed by atoms with E-state index < -0.39 is 42.8 Å². The minimum absolute atomic E-state index is 0.0948. The molecule has 1 fully saturated rings. The predicted molar refractivity (Wildman–Crippen MR) is 105 cm³/mol. The predicted octanol–water partition coefficient (Wildman–Crippen LogP) is 0.821. The SMILES string of the molecule is C[C@H](O)c1cccc2nc3c(C(=O)O[C@@H]4[C@@H](O)[C@H](C)O[C@H](O)[C@H]4O)cccc3nc12. The van der Waals surface area contributed by atoms with Gasteiger partial charge in [-0.15, -0.1) is 0 Å². The fraction of sp³-hybridized carbons (Fsp3) is 0.381. The van der Waals surface area contributed by atoms with Crippen LogP contribution >= 0.6 is 0 Å². The molecule has 9 nitrogen and oxygen atoms in total. The number of rotatable bonds is 3. The summed E-state index contributed by atoms with van der Waals surface area (Å²) in [5.41, 5.74) is 2.44. The zero-order chi connectivity index (χ0) is 21.6. The molecule has 0 saturated carbocycles. The van der Waals surface area contributed by atoms with Gasteiger partial charge < -0.3 is 29.9 Å². The van der Waals surface area contributed by atoms with Crippen LogP contribution in [0.4, 0.5) is 0 Å². The van der Waals surface area contributed by atoms with Crippen LogP contribution in [0.1, 0.15) is 35.9 Å². The molecule has 6 atom stereocenters. The van der Waals surface area contributed by atoms with E-state index in [1.165, 1.54) is 13.0 Å². The van der Waals surface area contributed by atoms with Crippen molar-refractivity contribution in [3.05, 3.63) is 47.5 Å². The highest BCUT2D eigenvalue weighted by atomic mass is 16.6. The average Bonchev–Trinajstić information content (AvgIpc) is 2.72. The highest BCUT2D eigenvalue weighted by Gasteiger charge is 2.44. The van der Waals surface area contributed by atoms with E-state index >= 15 is 0 Å². The second-order valence-corrected chi connectivity index (χ2v) is 7.37. The van der Waals surface area contributed by atoms with E-state index in [4.69, 9.17) is 9.47 Å². The first-order valence-corrected chi connectivity index (χ1v) is 9.56. The van der Waals surface area contributed by atoms with Gasteiger partial charge in [0.25, 0.3) is 0 Å². The number of hydrogen-bond acceptors (Lipinski definition) is 9. The summed E-state index contributed by atoms with van der Waals surface area (Å²) in [4.78, 5) is 22.0. The van der Waals surface area contributed by atoms with Crippen LogP contribution in [0.5, 0.6) is 0 Å². The van der Waals surface area contributed by atoms with Crippen LogP contribution in [0.25, 0.3) is 22.1 Å². The number of carbonyl (C=O) groups excluding carboxylic acids is 1. The van der Waals surface area contributed by atoms with E-state index in [0.717, 1.165) is 0 Å². The topological polar surface area (TPSA) is 142 Å². The second-order valence-electron chi connectivity index (χ2n) is 7.37. The van der Waals surface area contributed by atoms with Gasteiger partial charge in [-0.2, -0.15) is 0 Å². The highest BCUT2D eigenvalue weighted by molar-refractivity contribution is 6.03. The van der Waals surface area contributed by atoms with Crippen molar-refractivity contribution in [2.75, 3.05) is 0 Å². The molecule has 2 aromatic carbocycles. The number of benzene rings is 2. The number of aliphatic hydroxyl groups is 4. The summed E-state index contributed by atoms with van der Waals surface area (Å²) in [5.74, 6) is -0.828. The van der Waals surface area contributed by atoms with Gasteiger partial charge in [0.1, 0.15) is 17.7 Å². The van der Waals surface area contributed by atoms with Crippen molar-refractivity contribution < 1.29 is 34.7 Å². The van der Waals surface area contributed by atoms with Gasteiger partial charge in [0.15, 0.2) is 12.4 Å². The number of esters is 1. The van der Waals surface area contributed by atoms with Gasteiger partial charge >= 0.3 is 5.97 Å². The molecule has 158 valence electrons. The van der Waals surface area contributed by atoms with Gasteiger partial charge in [0.2, 0.25) is 0 Å². The van der Waals surface area contributed by atoms with E-state index in [0.29, 0.717) is 22.1 Å². The van der Waals surface area contributed by atoms with E-state index in [1.807, 2.05) is 0 Å². The van der Waals surface area contributed by atoms with Gasteiger partial charge in [-0.05, 0) is 32.0 Å². The first-order valence-electron chi connectivity index (χ1n) is 9.56. The summed E-state index contributed by atoms with van der Waals surface area (Å²) >= 11 is 0. The third kappa shape index (κ3) is 3.51. The molecule has 0 aliphatic carbocycles. The first-order chi connectivity index (χ1) is 14.3.